The number of anilines is 1. The van der Waals surface area contributed by atoms with E-state index in [2.05, 4.69) is 15.5 Å². The van der Waals surface area contributed by atoms with Crippen molar-refractivity contribution in [3.8, 4) is 5.75 Å². The van der Waals surface area contributed by atoms with Crippen LogP contribution in [0.15, 0.2) is 12.1 Å². The molecule has 0 atom stereocenters. The molecule has 1 aromatic rings. The van der Waals surface area contributed by atoms with Gasteiger partial charge in [-0.25, -0.2) is 0 Å². The summed E-state index contributed by atoms with van der Waals surface area (Å²) in [6.45, 7) is 5.76. The maximum atomic E-state index is 12.5. The smallest absolute Gasteiger partial charge is 0.241 e. The number of hydrogen-bond acceptors (Lipinski definition) is 5. The van der Waals surface area contributed by atoms with Gasteiger partial charge >= 0.3 is 0 Å². The third-order valence-electron chi connectivity index (χ3n) is 5.51. The fourth-order valence-electron chi connectivity index (χ4n) is 3.58. The second-order valence-corrected chi connectivity index (χ2v) is 7.65. The zero-order chi connectivity index (χ0) is 17.4. The molecule has 3 aliphatic rings. The summed E-state index contributed by atoms with van der Waals surface area (Å²) >= 11 is 6.20. The number of phenols is 1. The SMILES string of the molecule is O=C(CNc1cc(C2CC2)c(Cl)cc1O)N1CCN(C2CNC2)CC1. The van der Waals surface area contributed by atoms with Crippen LogP contribution in [0.3, 0.4) is 0 Å². The number of halogens is 1. The first-order valence-electron chi connectivity index (χ1n) is 9.10. The van der Waals surface area contributed by atoms with E-state index in [1.54, 1.807) is 6.07 Å². The van der Waals surface area contributed by atoms with Crippen LogP contribution in [0.1, 0.15) is 24.3 Å². The van der Waals surface area contributed by atoms with E-state index in [0.29, 0.717) is 22.7 Å². The molecule has 1 amide bonds. The molecule has 0 spiro atoms. The maximum Gasteiger partial charge on any atom is 0.241 e. The zero-order valence-electron chi connectivity index (χ0n) is 14.3. The van der Waals surface area contributed by atoms with Crippen molar-refractivity contribution in [3.63, 3.8) is 0 Å². The normalized spacial score (nSPS) is 21.9. The van der Waals surface area contributed by atoms with Crippen LogP contribution < -0.4 is 10.6 Å². The minimum Gasteiger partial charge on any atom is -0.506 e. The molecule has 1 aliphatic carbocycles. The Bertz CT molecular complexity index is 653. The van der Waals surface area contributed by atoms with E-state index in [4.69, 9.17) is 11.6 Å². The number of piperazine rings is 1. The summed E-state index contributed by atoms with van der Waals surface area (Å²) in [5.41, 5.74) is 1.66. The number of nitrogens with zero attached hydrogens (tertiary/aromatic N) is 2. The fourth-order valence-corrected chi connectivity index (χ4v) is 3.89. The summed E-state index contributed by atoms with van der Waals surface area (Å²) in [4.78, 5) is 16.8. The summed E-state index contributed by atoms with van der Waals surface area (Å²) < 4.78 is 0. The molecule has 136 valence electrons. The van der Waals surface area contributed by atoms with Crippen molar-refractivity contribution in [2.24, 2.45) is 0 Å². The van der Waals surface area contributed by atoms with Gasteiger partial charge in [0.25, 0.3) is 0 Å². The largest absolute Gasteiger partial charge is 0.506 e. The molecule has 0 unspecified atom stereocenters. The maximum absolute atomic E-state index is 12.5. The van der Waals surface area contributed by atoms with Crippen molar-refractivity contribution in [2.45, 2.75) is 24.8 Å². The molecule has 0 aromatic heterocycles. The van der Waals surface area contributed by atoms with Crippen LogP contribution >= 0.6 is 11.6 Å². The molecule has 0 bridgehead atoms. The van der Waals surface area contributed by atoms with E-state index in [0.717, 1.165) is 57.7 Å². The number of phenolic OH excluding ortho intramolecular Hbond substituents is 1. The van der Waals surface area contributed by atoms with Crippen LogP contribution in [0.2, 0.25) is 5.02 Å². The van der Waals surface area contributed by atoms with Crippen LogP contribution in [-0.4, -0.2) is 72.7 Å². The highest BCUT2D eigenvalue weighted by molar-refractivity contribution is 6.31. The van der Waals surface area contributed by atoms with Crippen molar-refractivity contribution in [1.29, 1.82) is 0 Å². The van der Waals surface area contributed by atoms with Crippen LogP contribution in [0.4, 0.5) is 5.69 Å². The second-order valence-electron chi connectivity index (χ2n) is 7.25. The summed E-state index contributed by atoms with van der Waals surface area (Å²) in [5, 5.41) is 17.1. The van der Waals surface area contributed by atoms with Gasteiger partial charge in [0.05, 0.1) is 12.2 Å². The van der Waals surface area contributed by atoms with Crippen molar-refractivity contribution in [1.82, 2.24) is 15.1 Å². The molecule has 1 saturated carbocycles. The molecule has 1 aromatic carbocycles. The summed E-state index contributed by atoms with van der Waals surface area (Å²) in [7, 11) is 0. The van der Waals surface area contributed by atoms with Gasteiger partial charge in [-0.3, -0.25) is 9.69 Å². The molecule has 2 saturated heterocycles. The average Bonchev–Trinajstić information content (AvgIpc) is 3.38. The predicted molar refractivity (Wildman–Crippen MR) is 98.4 cm³/mol. The van der Waals surface area contributed by atoms with Gasteiger partial charge in [-0.1, -0.05) is 11.6 Å². The standard InChI is InChI=1S/C18H25ClN4O2/c19-15-8-17(24)16(7-14(15)12-1-2-12)21-11-18(25)23-5-3-22(4-6-23)13-9-20-10-13/h7-8,12-13,20-21,24H,1-6,9-11H2. The van der Waals surface area contributed by atoms with E-state index in [-0.39, 0.29) is 18.2 Å². The van der Waals surface area contributed by atoms with Crippen molar-refractivity contribution in [2.75, 3.05) is 51.1 Å². The molecule has 6 nitrogen and oxygen atoms in total. The van der Waals surface area contributed by atoms with E-state index in [1.807, 2.05) is 11.0 Å². The van der Waals surface area contributed by atoms with Gasteiger partial charge in [0.15, 0.2) is 0 Å². The van der Waals surface area contributed by atoms with Gasteiger partial charge < -0.3 is 20.6 Å². The van der Waals surface area contributed by atoms with Crippen LogP contribution in [0.25, 0.3) is 0 Å². The number of amides is 1. The fraction of sp³-hybridized carbons (Fsp3) is 0.611. The average molecular weight is 365 g/mol. The molecule has 3 N–H and O–H groups in total. The van der Waals surface area contributed by atoms with Gasteiger partial charge in [-0.15, -0.1) is 0 Å². The highest BCUT2D eigenvalue weighted by Gasteiger charge is 2.29. The Morgan fingerprint density at radius 1 is 1.24 bits per heavy atom. The molecule has 0 radical (unpaired) electrons. The first kappa shape index (κ1) is 16.9. The number of carbonyl (C=O) groups excluding carboxylic acids is 1. The first-order valence-corrected chi connectivity index (χ1v) is 9.48. The van der Waals surface area contributed by atoms with Gasteiger partial charge in [-0.2, -0.15) is 0 Å². The van der Waals surface area contributed by atoms with Crippen LogP contribution in [-0.2, 0) is 4.79 Å². The van der Waals surface area contributed by atoms with Gasteiger partial charge in [0.1, 0.15) is 5.75 Å². The number of benzene rings is 1. The topological polar surface area (TPSA) is 67.8 Å². The quantitative estimate of drug-likeness (QED) is 0.690. The van der Waals surface area contributed by atoms with E-state index < -0.39 is 0 Å². The van der Waals surface area contributed by atoms with Gasteiger partial charge in [-0.05, 0) is 30.4 Å². The summed E-state index contributed by atoms with van der Waals surface area (Å²) in [5.74, 6) is 0.677. The minimum atomic E-state index is 0.0775. The van der Waals surface area contributed by atoms with Gasteiger partial charge in [0, 0.05) is 56.4 Å². The lowest BCUT2D eigenvalue weighted by Crippen LogP contribution is -2.62. The predicted octanol–water partition coefficient (Wildman–Crippen LogP) is 1.45. The number of rotatable bonds is 5. The Balaban J connectivity index is 1.31. The van der Waals surface area contributed by atoms with E-state index >= 15 is 0 Å². The van der Waals surface area contributed by atoms with Crippen molar-refractivity contribution < 1.29 is 9.90 Å². The first-order chi connectivity index (χ1) is 12.1. The Morgan fingerprint density at radius 2 is 1.96 bits per heavy atom. The van der Waals surface area contributed by atoms with Crippen molar-refractivity contribution in [3.05, 3.63) is 22.7 Å². The Kier molecular flexibility index (Phi) is 4.75. The molecule has 4 rings (SSSR count). The number of carbonyl (C=O) groups is 1. The molecular formula is C18H25ClN4O2. The molecule has 2 aliphatic heterocycles. The lowest BCUT2D eigenvalue weighted by Gasteiger charge is -2.43. The van der Waals surface area contributed by atoms with E-state index in [1.165, 1.54) is 0 Å². The monoisotopic (exact) mass is 364 g/mol. The van der Waals surface area contributed by atoms with Gasteiger partial charge in [0.2, 0.25) is 5.91 Å². The lowest BCUT2D eigenvalue weighted by molar-refractivity contribution is -0.131. The van der Waals surface area contributed by atoms with Crippen molar-refractivity contribution >= 4 is 23.2 Å². The Morgan fingerprint density at radius 3 is 2.56 bits per heavy atom. The second kappa shape index (κ2) is 7.02. The number of nitrogens with one attached hydrogen (secondary N) is 2. The van der Waals surface area contributed by atoms with Crippen LogP contribution in [0, 0.1) is 0 Å². The molecule has 3 fully saturated rings. The molecule has 2 heterocycles. The minimum absolute atomic E-state index is 0.0775. The number of hydrogen-bond donors (Lipinski definition) is 3. The third-order valence-corrected chi connectivity index (χ3v) is 5.83. The van der Waals surface area contributed by atoms with E-state index in [9.17, 15) is 9.90 Å². The summed E-state index contributed by atoms with van der Waals surface area (Å²) in [6, 6.07) is 4.11. The lowest BCUT2D eigenvalue weighted by atomic mass is 10.1. The zero-order valence-corrected chi connectivity index (χ0v) is 15.1. The van der Waals surface area contributed by atoms with Crippen LogP contribution in [0.5, 0.6) is 5.75 Å². The Hall–Kier alpha value is -1.50. The third kappa shape index (κ3) is 3.71. The Labute approximate surface area is 153 Å². The highest BCUT2D eigenvalue weighted by Crippen LogP contribution is 2.45. The molecular weight excluding hydrogens is 340 g/mol. The highest BCUT2D eigenvalue weighted by atomic mass is 35.5. The number of aromatic hydroxyl groups is 1. The summed E-state index contributed by atoms with van der Waals surface area (Å²) in [6.07, 6.45) is 2.29. The molecule has 25 heavy (non-hydrogen) atoms. The molecule has 7 heteroatoms.